The van der Waals surface area contributed by atoms with Crippen molar-refractivity contribution in [3.05, 3.63) is 35.9 Å². The van der Waals surface area contributed by atoms with Gasteiger partial charge in [0.2, 0.25) is 11.8 Å². The third-order valence-electron chi connectivity index (χ3n) is 5.46. The first kappa shape index (κ1) is 17.9. The highest BCUT2D eigenvalue weighted by atomic mass is 16.5. The minimum Gasteiger partial charge on any atom is -0.385 e. The van der Waals surface area contributed by atoms with E-state index in [0.717, 1.165) is 37.7 Å². The first-order valence-corrected chi connectivity index (χ1v) is 9.29. The third kappa shape index (κ3) is 4.03. The Kier molecular flexibility index (Phi) is 5.74. The second-order valence-electron chi connectivity index (χ2n) is 7.15. The van der Waals surface area contributed by atoms with Gasteiger partial charge in [0.05, 0.1) is 5.41 Å². The SMILES string of the molecule is COCCCNC(=O)C1CCN(C(=O)C2(c3ccccc3)CC2)CC1. The molecule has 1 saturated carbocycles. The van der Waals surface area contributed by atoms with Crippen LogP contribution < -0.4 is 5.32 Å². The van der Waals surface area contributed by atoms with Gasteiger partial charge in [-0.05, 0) is 37.7 Å². The average molecular weight is 344 g/mol. The van der Waals surface area contributed by atoms with Crippen LogP contribution in [0.15, 0.2) is 30.3 Å². The molecule has 0 radical (unpaired) electrons. The zero-order valence-corrected chi connectivity index (χ0v) is 15.0. The molecule has 5 nitrogen and oxygen atoms in total. The van der Waals surface area contributed by atoms with E-state index in [0.29, 0.717) is 26.2 Å². The molecule has 1 aliphatic carbocycles. The van der Waals surface area contributed by atoms with Crippen LogP contribution in [-0.4, -0.2) is 50.1 Å². The predicted molar refractivity (Wildman–Crippen MR) is 96.2 cm³/mol. The van der Waals surface area contributed by atoms with Crippen molar-refractivity contribution < 1.29 is 14.3 Å². The van der Waals surface area contributed by atoms with Crippen LogP contribution in [0.25, 0.3) is 0 Å². The molecule has 0 spiro atoms. The molecule has 0 aromatic heterocycles. The summed E-state index contributed by atoms with van der Waals surface area (Å²) in [6.45, 7) is 2.69. The number of nitrogens with one attached hydrogen (secondary N) is 1. The van der Waals surface area contributed by atoms with Crippen molar-refractivity contribution in [2.75, 3.05) is 33.4 Å². The van der Waals surface area contributed by atoms with E-state index in [2.05, 4.69) is 17.4 Å². The average Bonchev–Trinajstić information content (AvgIpc) is 3.47. The fourth-order valence-corrected chi connectivity index (χ4v) is 3.73. The largest absolute Gasteiger partial charge is 0.385 e. The van der Waals surface area contributed by atoms with Gasteiger partial charge in [-0.2, -0.15) is 0 Å². The molecule has 1 N–H and O–H groups in total. The van der Waals surface area contributed by atoms with E-state index in [9.17, 15) is 9.59 Å². The Morgan fingerprint density at radius 2 is 1.88 bits per heavy atom. The van der Waals surface area contributed by atoms with Gasteiger partial charge in [-0.1, -0.05) is 30.3 Å². The summed E-state index contributed by atoms with van der Waals surface area (Å²) in [6.07, 6.45) is 4.23. The molecule has 0 atom stereocenters. The highest BCUT2D eigenvalue weighted by Crippen LogP contribution is 2.49. The summed E-state index contributed by atoms with van der Waals surface area (Å²) in [7, 11) is 1.66. The van der Waals surface area contributed by atoms with E-state index >= 15 is 0 Å². The van der Waals surface area contributed by atoms with Crippen molar-refractivity contribution in [2.45, 2.75) is 37.5 Å². The number of likely N-dealkylation sites (tertiary alicyclic amines) is 1. The maximum atomic E-state index is 13.0. The number of carbonyl (C=O) groups is 2. The molecule has 2 aliphatic rings. The maximum absolute atomic E-state index is 13.0. The molecule has 1 saturated heterocycles. The molecule has 1 aliphatic heterocycles. The highest BCUT2D eigenvalue weighted by Gasteiger charge is 2.53. The standard InChI is InChI=1S/C20H28N2O3/c1-25-15-5-12-21-18(23)16-8-13-22(14-9-16)19(24)20(10-11-20)17-6-3-2-4-7-17/h2-4,6-7,16H,5,8-15H2,1H3,(H,21,23). The van der Waals surface area contributed by atoms with E-state index in [1.54, 1.807) is 7.11 Å². The lowest BCUT2D eigenvalue weighted by Crippen LogP contribution is -2.46. The normalized spacial score (nSPS) is 19.5. The number of hydrogen-bond acceptors (Lipinski definition) is 3. The van der Waals surface area contributed by atoms with Crippen LogP contribution in [0.2, 0.25) is 0 Å². The lowest BCUT2D eigenvalue weighted by Gasteiger charge is -2.34. The van der Waals surface area contributed by atoms with Gasteiger partial charge in [-0.3, -0.25) is 9.59 Å². The molecular formula is C20H28N2O3. The van der Waals surface area contributed by atoms with E-state index in [1.807, 2.05) is 23.1 Å². The molecule has 25 heavy (non-hydrogen) atoms. The zero-order valence-electron chi connectivity index (χ0n) is 15.0. The van der Waals surface area contributed by atoms with Crippen molar-refractivity contribution in [1.82, 2.24) is 10.2 Å². The summed E-state index contributed by atoms with van der Waals surface area (Å²) < 4.78 is 4.99. The van der Waals surface area contributed by atoms with Crippen LogP contribution in [0, 0.1) is 5.92 Å². The van der Waals surface area contributed by atoms with Crippen LogP contribution in [0.5, 0.6) is 0 Å². The highest BCUT2D eigenvalue weighted by molar-refractivity contribution is 5.91. The summed E-state index contributed by atoms with van der Waals surface area (Å²) in [5, 5.41) is 2.98. The first-order valence-electron chi connectivity index (χ1n) is 9.29. The summed E-state index contributed by atoms with van der Waals surface area (Å²) in [4.78, 5) is 27.2. The number of ether oxygens (including phenoxy) is 1. The minimum atomic E-state index is -0.295. The van der Waals surface area contributed by atoms with Gasteiger partial charge in [0, 0.05) is 39.3 Å². The Morgan fingerprint density at radius 1 is 1.20 bits per heavy atom. The van der Waals surface area contributed by atoms with Crippen LogP contribution in [-0.2, 0) is 19.7 Å². The van der Waals surface area contributed by atoms with Gasteiger partial charge in [-0.25, -0.2) is 0 Å². The number of carbonyl (C=O) groups excluding carboxylic acids is 2. The van der Waals surface area contributed by atoms with Crippen molar-refractivity contribution >= 4 is 11.8 Å². The molecule has 2 fully saturated rings. The van der Waals surface area contributed by atoms with Crippen molar-refractivity contribution in [3.63, 3.8) is 0 Å². The lowest BCUT2D eigenvalue weighted by molar-refractivity contribution is -0.137. The topological polar surface area (TPSA) is 58.6 Å². The number of benzene rings is 1. The molecular weight excluding hydrogens is 316 g/mol. The van der Waals surface area contributed by atoms with E-state index < -0.39 is 0 Å². The van der Waals surface area contributed by atoms with E-state index in [4.69, 9.17) is 4.74 Å². The molecule has 3 rings (SSSR count). The van der Waals surface area contributed by atoms with Crippen molar-refractivity contribution in [1.29, 1.82) is 0 Å². The number of rotatable bonds is 7. The van der Waals surface area contributed by atoms with Crippen LogP contribution in [0.1, 0.15) is 37.7 Å². The van der Waals surface area contributed by atoms with Crippen LogP contribution >= 0.6 is 0 Å². The van der Waals surface area contributed by atoms with Gasteiger partial charge in [-0.15, -0.1) is 0 Å². The molecule has 1 heterocycles. The minimum absolute atomic E-state index is 0.0264. The van der Waals surface area contributed by atoms with Gasteiger partial charge in [0.1, 0.15) is 0 Å². The third-order valence-corrected chi connectivity index (χ3v) is 5.46. The van der Waals surface area contributed by atoms with Gasteiger partial charge in [0.15, 0.2) is 0 Å². The summed E-state index contributed by atoms with van der Waals surface area (Å²) >= 11 is 0. The summed E-state index contributed by atoms with van der Waals surface area (Å²) in [5.74, 6) is 0.392. The second-order valence-corrected chi connectivity index (χ2v) is 7.15. The van der Waals surface area contributed by atoms with Crippen LogP contribution in [0.4, 0.5) is 0 Å². The number of methoxy groups -OCH3 is 1. The Morgan fingerprint density at radius 3 is 2.48 bits per heavy atom. The van der Waals surface area contributed by atoms with Crippen molar-refractivity contribution in [2.24, 2.45) is 5.92 Å². The zero-order chi connectivity index (χ0) is 17.7. The number of amides is 2. The van der Waals surface area contributed by atoms with Gasteiger partial charge < -0.3 is 15.0 Å². The lowest BCUT2D eigenvalue weighted by atomic mass is 9.91. The molecule has 1 aromatic rings. The fourth-order valence-electron chi connectivity index (χ4n) is 3.73. The van der Waals surface area contributed by atoms with Gasteiger partial charge >= 0.3 is 0 Å². The second kappa shape index (κ2) is 8.00. The smallest absolute Gasteiger partial charge is 0.233 e. The molecule has 5 heteroatoms. The maximum Gasteiger partial charge on any atom is 0.233 e. The Labute approximate surface area is 149 Å². The van der Waals surface area contributed by atoms with E-state index in [-0.39, 0.29) is 23.1 Å². The molecule has 0 bridgehead atoms. The Bertz CT molecular complexity index is 590. The molecule has 0 unspecified atom stereocenters. The van der Waals surface area contributed by atoms with Crippen molar-refractivity contribution in [3.8, 4) is 0 Å². The first-order chi connectivity index (χ1) is 12.2. The number of nitrogens with zero attached hydrogens (tertiary/aromatic N) is 1. The quantitative estimate of drug-likeness (QED) is 0.771. The van der Waals surface area contributed by atoms with Gasteiger partial charge in [0.25, 0.3) is 0 Å². The Balaban J connectivity index is 1.49. The number of hydrogen-bond donors (Lipinski definition) is 1. The van der Waals surface area contributed by atoms with Crippen LogP contribution in [0.3, 0.4) is 0 Å². The summed E-state index contributed by atoms with van der Waals surface area (Å²) in [5.41, 5.74) is 0.842. The van der Waals surface area contributed by atoms with E-state index in [1.165, 1.54) is 0 Å². The monoisotopic (exact) mass is 344 g/mol. The predicted octanol–water partition coefficient (Wildman–Crippen LogP) is 2.11. The molecule has 2 amide bonds. The summed E-state index contributed by atoms with van der Waals surface area (Å²) in [6, 6.07) is 10.1. The molecule has 136 valence electrons. The fraction of sp³-hybridized carbons (Fsp3) is 0.600. The molecule has 1 aromatic carbocycles. The number of piperidine rings is 1. The Hall–Kier alpha value is -1.88.